The van der Waals surface area contributed by atoms with E-state index in [1.165, 1.54) is 7.11 Å². The van der Waals surface area contributed by atoms with Crippen molar-refractivity contribution in [3.63, 3.8) is 0 Å². The van der Waals surface area contributed by atoms with Gasteiger partial charge >= 0.3 is 11.9 Å². The number of esters is 2. The Bertz CT molecular complexity index is 734. The van der Waals surface area contributed by atoms with E-state index >= 15 is 0 Å². The van der Waals surface area contributed by atoms with Crippen LogP contribution in [0.15, 0.2) is 34.7 Å². The van der Waals surface area contributed by atoms with Gasteiger partial charge < -0.3 is 13.9 Å². The smallest absolute Gasteiger partial charge is 0.334 e. The molecule has 0 unspecified atom stereocenters. The van der Waals surface area contributed by atoms with E-state index < -0.39 is 0 Å². The Labute approximate surface area is 153 Å². The predicted octanol–water partition coefficient (Wildman–Crippen LogP) is 3.68. The molecule has 4 rings (SSSR count). The van der Waals surface area contributed by atoms with Crippen LogP contribution in [0.4, 0.5) is 0 Å². The second-order valence-electron chi connectivity index (χ2n) is 8.23. The number of ether oxygens (including phenoxy) is 2. The van der Waals surface area contributed by atoms with Crippen LogP contribution in [0.3, 0.4) is 0 Å². The summed E-state index contributed by atoms with van der Waals surface area (Å²) >= 11 is 0. The zero-order valence-corrected chi connectivity index (χ0v) is 15.5. The first-order valence-corrected chi connectivity index (χ1v) is 9.48. The summed E-state index contributed by atoms with van der Waals surface area (Å²) in [5.74, 6) is -0.199. The molecule has 1 saturated heterocycles. The molecule has 1 aliphatic heterocycles. The number of cyclic esters (lactones) is 1. The minimum Gasteiger partial charge on any atom is -0.472 e. The van der Waals surface area contributed by atoms with Crippen molar-refractivity contribution in [2.24, 2.45) is 22.7 Å². The van der Waals surface area contributed by atoms with Crippen LogP contribution in [-0.2, 0) is 25.5 Å². The van der Waals surface area contributed by atoms with Gasteiger partial charge in [-0.2, -0.15) is 0 Å². The molecule has 1 aromatic rings. The Hall–Kier alpha value is -2.04. The average Bonchev–Trinajstić information content (AvgIpc) is 3.28. The van der Waals surface area contributed by atoms with Gasteiger partial charge in [0, 0.05) is 11.0 Å². The third-order valence-electron chi connectivity index (χ3n) is 7.18. The summed E-state index contributed by atoms with van der Waals surface area (Å²) in [5, 5.41) is 0. The van der Waals surface area contributed by atoms with Gasteiger partial charge in [0.25, 0.3) is 0 Å². The van der Waals surface area contributed by atoms with Gasteiger partial charge in [-0.25, -0.2) is 4.79 Å². The van der Waals surface area contributed by atoms with Crippen LogP contribution in [0.5, 0.6) is 0 Å². The van der Waals surface area contributed by atoms with Crippen molar-refractivity contribution >= 4 is 11.9 Å². The number of hydrogen-bond acceptors (Lipinski definition) is 5. The number of carbonyl (C=O) groups excluding carboxylic acids is 2. The van der Waals surface area contributed by atoms with Crippen molar-refractivity contribution in [1.82, 2.24) is 0 Å². The van der Waals surface area contributed by atoms with Crippen LogP contribution in [0.25, 0.3) is 0 Å². The topological polar surface area (TPSA) is 65.7 Å². The lowest BCUT2D eigenvalue weighted by Gasteiger charge is -2.56. The number of rotatable bonds is 4. The molecule has 5 heteroatoms. The van der Waals surface area contributed by atoms with Crippen LogP contribution in [0.2, 0.25) is 0 Å². The third-order valence-corrected chi connectivity index (χ3v) is 7.18. The molecule has 1 spiro atoms. The maximum Gasteiger partial charge on any atom is 0.334 e. The minimum absolute atomic E-state index is 0.129. The molecule has 26 heavy (non-hydrogen) atoms. The van der Waals surface area contributed by atoms with E-state index in [2.05, 4.69) is 13.0 Å². The fourth-order valence-corrected chi connectivity index (χ4v) is 5.84. The fourth-order valence-electron chi connectivity index (χ4n) is 5.84. The molecular formula is C21H26O5. The van der Waals surface area contributed by atoms with E-state index in [-0.39, 0.29) is 34.6 Å². The zero-order valence-electron chi connectivity index (χ0n) is 15.5. The maximum atomic E-state index is 12.6. The molecular weight excluding hydrogens is 332 g/mol. The predicted molar refractivity (Wildman–Crippen MR) is 94.1 cm³/mol. The zero-order chi connectivity index (χ0) is 18.4. The van der Waals surface area contributed by atoms with Crippen molar-refractivity contribution < 1.29 is 23.5 Å². The first kappa shape index (κ1) is 17.4. The van der Waals surface area contributed by atoms with E-state index in [1.807, 2.05) is 6.07 Å². The summed E-state index contributed by atoms with van der Waals surface area (Å²) in [4.78, 5) is 24.9. The highest BCUT2D eigenvalue weighted by Crippen LogP contribution is 2.64. The van der Waals surface area contributed by atoms with Crippen molar-refractivity contribution in [2.75, 3.05) is 13.7 Å². The Morgan fingerprint density at radius 1 is 1.38 bits per heavy atom. The molecule has 1 aromatic heterocycles. The van der Waals surface area contributed by atoms with Crippen LogP contribution in [0, 0.1) is 22.7 Å². The largest absolute Gasteiger partial charge is 0.472 e. The SMILES string of the molecule is COC(=O)[C@@H]1CC[C@@]23COC(=O)C2=CCC[C@@H]3[C@@]1(C)CCc1ccoc1. The normalized spacial score (nSPS) is 35.9. The summed E-state index contributed by atoms with van der Waals surface area (Å²) in [6.07, 6.45) is 10.6. The first-order valence-electron chi connectivity index (χ1n) is 9.48. The lowest BCUT2D eigenvalue weighted by Crippen LogP contribution is -2.54. The molecule has 5 nitrogen and oxygen atoms in total. The summed E-state index contributed by atoms with van der Waals surface area (Å²) in [7, 11) is 1.47. The van der Waals surface area contributed by atoms with Gasteiger partial charge in [0.15, 0.2) is 0 Å². The van der Waals surface area contributed by atoms with E-state index in [0.29, 0.717) is 6.61 Å². The Kier molecular flexibility index (Phi) is 4.20. The minimum atomic E-state index is -0.240. The van der Waals surface area contributed by atoms with Gasteiger partial charge in [-0.1, -0.05) is 13.0 Å². The highest BCUT2D eigenvalue weighted by atomic mass is 16.5. The monoisotopic (exact) mass is 358 g/mol. The van der Waals surface area contributed by atoms with Gasteiger partial charge in [-0.15, -0.1) is 0 Å². The molecule has 2 aliphatic carbocycles. The molecule has 0 N–H and O–H groups in total. The van der Waals surface area contributed by atoms with E-state index in [9.17, 15) is 9.59 Å². The van der Waals surface area contributed by atoms with Gasteiger partial charge in [-0.3, -0.25) is 4.79 Å². The molecule has 2 heterocycles. The molecule has 140 valence electrons. The number of hydrogen-bond donors (Lipinski definition) is 0. The van der Waals surface area contributed by atoms with Crippen molar-refractivity contribution in [1.29, 1.82) is 0 Å². The van der Waals surface area contributed by atoms with Crippen LogP contribution in [-0.4, -0.2) is 25.7 Å². The van der Waals surface area contributed by atoms with Gasteiger partial charge in [0.2, 0.25) is 0 Å². The second-order valence-corrected chi connectivity index (χ2v) is 8.23. The molecule has 2 fully saturated rings. The van der Waals surface area contributed by atoms with Gasteiger partial charge in [-0.05, 0) is 61.5 Å². The van der Waals surface area contributed by atoms with E-state index in [1.54, 1.807) is 12.5 Å². The number of allylic oxidation sites excluding steroid dienone is 1. The number of methoxy groups -OCH3 is 1. The molecule has 4 atom stereocenters. The molecule has 0 bridgehead atoms. The first-order chi connectivity index (χ1) is 12.5. The number of aryl methyl sites for hydroxylation is 1. The average molecular weight is 358 g/mol. The summed E-state index contributed by atoms with van der Waals surface area (Å²) in [5.41, 5.74) is 1.52. The quantitative estimate of drug-likeness (QED) is 0.768. The fraction of sp³-hybridized carbons (Fsp3) is 0.619. The highest BCUT2D eigenvalue weighted by Gasteiger charge is 2.62. The Morgan fingerprint density at radius 2 is 2.23 bits per heavy atom. The summed E-state index contributed by atoms with van der Waals surface area (Å²) in [6, 6.07) is 1.98. The lowest BCUT2D eigenvalue weighted by molar-refractivity contribution is -0.161. The van der Waals surface area contributed by atoms with Crippen LogP contribution < -0.4 is 0 Å². The maximum absolute atomic E-state index is 12.6. The van der Waals surface area contributed by atoms with E-state index in [4.69, 9.17) is 13.9 Å². The Morgan fingerprint density at radius 3 is 2.96 bits per heavy atom. The number of furan rings is 1. The summed E-state index contributed by atoms with van der Waals surface area (Å²) < 4.78 is 15.9. The van der Waals surface area contributed by atoms with Crippen molar-refractivity contribution in [3.8, 4) is 0 Å². The van der Waals surface area contributed by atoms with Crippen molar-refractivity contribution in [3.05, 3.63) is 35.8 Å². The van der Waals surface area contributed by atoms with Gasteiger partial charge in [0.05, 0.1) is 25.6 Å². The van der Waals surface area contributed by atoms with Crippen LogP contribution >= 0.6 is 0 Å². The van der Waals surface area contributed by atoms with Crippen molar-refractivity contribution in [2.45, 2.75) is 45.4 Å². The second kappa shape index (κ2) is 6.29. The Balaban J connectivity index is 1.71. The molecule has 0 radical (unpaired) electrons. The molecule has 0 aromatic carbocycles. The molecule has 3 aliphatic rings. The lowest BCUT2D eigenvalue weighted by atomic mass is 9.46. The highest BCUT2D eigenvalue weighted by molar-refractivity contribution is 5.92. The van der Waals surface area contributed by atoms with Gasteiger partial charge in [0.1, 0.15) is 6.61 Å². The van der Waals surface area contributed by atoms with Crippen LogP contribution in [0.1, 0.15) is 44.6 Å². The molecule has 0 amide bonds. The molecule has 1 saturated carbocycles. The third kappa shape index (κ3) is 2.43. The summed E-state index contributed by atoms with van der Waals surface area (Å²) in [6.45, 7) is 2.67. The van der Waals surface area contributed by atoms with E-state index in [0.717, 1.165) is 49.7 Å². The number of carbonyl (C=O) groups is 2. The standard InChI is InChI=1S/C21H26O5/c1-20(9-6-14-8-11-25-12-14)15(18(22)24-2)7-10-21-13-26-19(23)16(21)4-3-5-17(20)21/h4,8,11-12,15,17H,3,5-7,9-10,13H2,1-2H3/t15-,17+,20-,21+/m0/s1.